The first-order valence-electron chi connectivity index (χ1n) is 12.4. The first-order valence-corrected chi connectivity index (χ1v) is 12.4. The molecule has 1 aliphatic rings. The number of methoxy groups -OCH3 is 1. The van der Waals surface area contributed by atoms with Crippen LogP contribution in [0.2, 0.25) is 0 Å². The molecule has 1 amide bonds. The van der Waals surface area contributed by atoms with Crippen LogP contribution >= 0.6 is 0 Å². The van der Waals surface area contributed by atoms with Crippen LogP contribution in [-0.4, -0.2) is 52.0 Å². The number of ether oxygens (including phenoxy) is 2. The third-order valence-electron chi connectivity index (χ3n) is 6.80. The summed E-state index contributed by atoms with van der Waals surface area (Å²) in [6, 6.07) is 18.3. The Labute approximate surface area is 219 Å². The number of nitrogens with one attached hydrogen (secondary N) is 1. The molecule has 8 heteroatoms. The third-order valence-corrected chi connectivity index (χ3v) is 6.80. The SMILES string of the molecule is CCOc1ccc(C(O)=C2C(=O)C(=O)N(CCc3c[nH]c4ccccc34)C2c2ccc(O)c(OC)c2)cc1. The first-order chi connectivity index (χ1) is 18.4. The number of phenols is 1. The van der Waals surface area contributed by atoms with Crippen molar-refractivity contribution in [3.63, 3.8) is 0 Å². The van der Waals surface area contributed by atoms with E-state index in [-0.39, 0.29) is 29.4 Å². The van der Waals surface area contributed by atoms with Gasteiger partial charge in [-0.2, -0.15) is 0 Å². The molecule has 0 bridgehead atoms. The lowest BCUT2D eigenvalue weighted by molar-refractivity contribution is -0.139. The van der Waals surface area contributed by atoms with Crippen molar-refractivity contribution < 1.29 is 29.3 Å². The molecule has 1 saturated heterocycles. The number of fused-ring (bicyclic) bond motifs is 1. The smallest absolute Gasteiger partial charge is 0.295 e. The number of hydrogen-bond acceptors (Lipinski definition) is 6. The van der Waals surface area contributed by atoms with Crippen molar-refractivity contribution in [3.05, 3.63) is 95.2 Å². The minimum atomic E-state index is -0.874. The lowest BCUT2D eigenvalue weighted by Gasteiger charge is -2.25. The Balaban J connectivity index is 1.57. The molecule has 0 radical (unpaired) electrons. The number of aromatic nitrogens is 1. The Morgan fingerprint density at radius 3 is 2.55 bits per heavy atom. The number of benzene rings is 3. The number of Topliss-reactive ketones (excluding diaryl/α,β-unsaturated/α-hetero) is 1. The van der Waals surface area contributed by atoms with Gasteiger partial charge in [0, 0.05) is 29.2 Å². The topological polar surface area (TPSA) is 112 Å². The molecule has 194 valence electrons. The normalized spacial score (nSPS) is 16.8. The highest BCUT2D eigenvalue weighted by Crippen LogP contribution is 2.42. The summed E-state index contributed by atoms with van der Waals surface area (Å²) in [6.07, 6.45) is 2.39. The molecule has 1 unspecified atom stereocenters. The maximum Gasteiger partial charge on any atom is 0.295 e. The number of aliphatic hydroxyl groups is 1. The molecule has 1 atom stereocenters. The van der Waals surface area contributed by atoms with Crippen molar-refractivity contribution in [3.8, 4) is 17.2 Å². The number of ketones is 1. The van der Waals surface area contributed by atoms with Gasteiger partial charge in [-0.05, 0) is 66.9 Å². The summed E-state index contributed by atoms with van der Waals surface area (Å²) in [4.78, 5) is 31.4. The van der Waals surface area contributed by atoms with Crippen LogP contribution in [0, 0.1) is 0 Å². The highest BCUT2D eigenvalue weighted by molar-refractivity contribution is 6.46. The van der Waals surface area contributed by atoms with Gasteiger partial charge in [0.2, 0.25) is 0 Å². The predicted molar refractivity (Wildman–Crippen MR) is 143 cm³/mol. The standard InChI is InChI=1S/C30H28N2O6/c1-3-38-21-11-8-18(9-12-21)28(34)26-27(19-10-13-24(33)25(16-19)37-2)32(30(36)29(26)35)15-14-20-17-31-23-7-5-4-6-22(20)23/h4-13,16-17,27,31,33-34H,3,14-15H2,1-2H3. The van der Waals surface area contributed by atoms with E-state index in [2.05, 4.69) is 4.98 Å². The van der Waals surface area contributed by atoms with Gasteiger partial charge in [0.25, 0.3) is 11.7 Å². The molecule has 38 heavy (non-hydrogen) atoms. The largest absolute Gasteiger partial charge is 0.507 e. The van der Waals surface area contributed by atoms with E-state index in [0.717, 1.165) is 16.5 Å². The van der Waals surface area contributed by atoms with E-state index in [1.54, 1.807) is 36.4 Å². The van der Waals surface area contributed by atoms with Gasteiger partial charge in [0.1, 0.15) is 11.5 Å². The minimum Gasteiger partial charge on any atom is -0.507 e. The van der Waals surface area contributed by atoms with Gasteiger partial charge in [0.15, 0.2) is 11.5 Å². The van der Waals surface area contributed by atoms with Crippen molar-refractivity contribution in [1.82, 2.24) is 9.88 Å². The molecule has 5 rings (SSSR count). The fraction of sp³-hybridized carbons (Fsp3) is 0.200. The monoisotopic (exact) mass is 512 g/mol. The van der Waals surface area contributed by atoms with Crippen molar-refractivity contribution >= 4 is 28.4 Å². The summed E-state index contributed by atoms with van der Waals surface area (Å²) in [5.74, 6) is -0.993. The quantitative estimate of drug-likeness (QED) is 0.175. The molecule has 3 N–H and O–H groups in total. The molecular formula is C30H28N2O6. The summed E-state index contributed by atoms with van der Waals surface area (Å²) in [5.41, 5.74) is 2.89. The number of aromatic hydroxyl groups is 1. The molecule has 1 aromatic heterocycles. The predicted octanol–water partition coefficient (Wildman–Crippen LogP) is 4.95. The summed E-state index contributed by atoms with van der Waals surface area (Å²) < 4.78 is 10.8. The number of carbonyl (C=O) groups excluding carboxylic acids is 2. The Bertz CT molecular complexity index is 1540. The van der Waals surface area contributed by atoms with Crippen LogP contribution in [0.25, 0.3) is 16.7 Å². The van der Waals surface area contributed by atoms with E-state index in [1.165, 1.54) is 18.1 Å². The van der Waals surface area contributed by atoms with Crippen molar-refractivity contribution in [1.29, 1.82) is 0 Å². The van der Waals surface area contributed by atoms with Gasteiger partial charge >= 0.3 is 0 Å². The number of aliphatic hydroxyl groups excluding tert-OH is 1. The van der Waals surface area contributed by atoms with E-state index in [9.17, 15) is 19.8 Å². The molecule has 8 nitrogen and oxygen atoms in total. The molecule has 1 aliphatic heterocycles. The number of hydrogen-bond donors (Lipinski definition) is 3. The third kappa shape index (κ3) is 4.45. The zero-order valence-corrected chi connectivity index (χ0v) is 21.1. The second kappa shape index (κ2) is 10.3. The van der Waals surface area contributed by atoms with Crippen LogP contribution in [-0.2, 0) is 16.0 Å². The van der Waals surface area contributed by atoms with Crippen LogP contribution in [0.5, 0.6) is 17.2 Å². The highest BCUT2D eigenvalue weighted by Gasteiger charge is 2.46. The number of nitrogens with zero attached hydrogens (tertiary/aromatic N) is 1. The molecule has 2 heterocycles. The summed E-state index contributed by atoms with van der Waals surface area (Å²) >= 11 is 0. The van der Waals surface area contributed by atoms with Crippen molar-refractivity contribution in [2.45, 2.75) is 19.4 Å². The van der Waals surface area contributed by atoms with E-state index in [4.69, 9.17) is 9.47 Å². The highest BCUT2D eigenvalue weighted by atomic mass is 16.5. The zero-order valence-electron chi connectivity index (χ0n) is 21.1. The Morgan fingerprint density at radius 1 is 1.05 bits per heavy atom. The van der Waals surface area contributed by atoms with Gasteiger partial charge in [0.05, 0.1) is 25.3 Å². The van der Waals surface area contributed by atoms with Crippen LogP contribution < -0.4 is 9.47 Å². The number of phenolic OH excluding ortho intramolecular Hbond substituents is 1. The van der Waals surface area contributed by atoms with Gasteiger partial charge in [-0.3, -0.25) is 9.59 Å². The number of para-hydroxylation sites is 1. The Hall–Kier alpha value is -4.72. The van der Waals surface area contributed by atoms with Gasteiger partial charge in [-0.25, -0.2) is 0 Å². The molecule has 3 aromatic carbocycles. The van der Waals surface area contributed by atoms with E-state index >= 15 is 0 Å². The average Bonchev–Trinajstić information content (AvgIpc) is 3.46. The second-order valence-electron chi connectivity index (χ2n) is 8.99. The summed E-state index contributed by atoms with van der Waals surface area (Å²) in [6.45, 7) is 2.60. The minimum absolute atomic E-state index is 0.0224. The van der Waals surface area contributed by atoms with E-state index < -0.39 is 17.7 Å². The lowest BCUT2D eigenvalue weighted by atomic mass is 9.94. The number of aromatic amines is 1. The molecule has 0 spiro atoms. The van der Waals surface area contributed by atoms with Gasteiger partial charge in [-0.15, -0.1) is 0 Å². The second-order valence-corrected chi connectivity index (χ2v) is 8.99. The fourth-order valence-electron chi connectivity index (χ4n) is 4.93. The van der Waals surface area contributed by atoms with Crippen molar-refractivity contribution in [2.75, 3.05) is 20.3 Å². The van der Waals surface area contributed by atoms with Crippen LogP contribution in [0.4, 0.5) is 0 Å². The molecule has 4 aromatic rings. The van der Waals surface area contributed by atoms with Crippen molar-refractivity contribution in [2.24, 2.45) is 0 Å². The van der Waals surface area contributed by atoms with E-state index in [0.29, 0.717) is 29.9 Å². The molecule has 0 saturated carbocycles. The number of amides is 1. The number of likely N-dealkylation sites (tertiary alicyclic amines) is 1. The van der Waals surface area contributed by atoms with Crippen LogP contribution in [0.3, 0.4) is 0 Å². The maximum atomic E-state index is 13.4. The molecular weight excluding hydrogens is 484 g/mol. The maximum absolute atomic E-state index is 13.4. The van der Waals surface area contributed by atoms with E-state index in [1.807, 2.05) is 37.4 Å². The molecule has 1 fully saturated rings. The number of H-pyrrole nitrogens is 1. The number of rotatable bonds is 8. The Kier molecular flexibility index (Phi) is 6.79. The molecule has 0 aliphatic carbocycles. The Morgan fingerprint density at radius 2 is 1.82 bits per heavy atom. The lowest BCUT2D eigenvalue weighted by Crippen LogP contribution is -2.31. The van der Waals surface area contributed by atoms with Gasteiger partial charge < -0.3 is 29.6 Å². The summed E-state index contributed by atoms with van der Waals surface area (Å²) in [5, 5.41) is 22.5. The first kappa shape index (κ1) is 25.0. The average molecular weight is 513 g/mol. The zero-order chi connectivity index (χ0) is 26.8. The summed E-state index contributed by atoms with van der Waals surface area (Å²) in [7, 11) is 1.42. The fourth-order valence-corrected chi connectivity index (χ4v) is 4.93. The van der Waals surface area contributed by atoms with Crippen LogP contribution in [0.1, 0.15) is 29.7 Å². The number of carbonyl (C=O) groups is 2. The van der Waals surface area contributed by atoms with Gasteiger partial charge in [-0.1, -0.05) is 24.3 Å². The van der Waals surface area contributed by atoms with Crippen LogP contribution in [0.15, 0.2) is 78.5 Å².